The molecule has 0 aliphatic rings. The van der Waals surface area contributed by atoms with Crippen molar-refractivity contribution in [1.82, 2.24) is 0 Å². The fraction of sp³-hybridized carbons (Fsp3) is 0. The molecule has 1 aromatic heterocycles. The molecule has 3 rings (SSSR count). The van der Waals surface area contributed by atoms with E-state index in [1.165, 1.54) is 0 Å². The number of benzene rings is 2. The Morgan fingerprint density at radius 3 is 2.10 bits per heavy atom. The van der Waals surface area contributed by atoms with Crippen LogP contribution in [0.2, 0.25) is 0 Å². The molecule has 3 heteroatoms. The first-order chi connectivity index (χ1) is 10.3. The molecule has 0 radical (unpaired) electrons. The van der Waals surface area contributed by atoms with Gasteiger partial charge in [-0.25, -0.2) is 0 Å². The van der Waals surface area contributed by atoms with Crippen molar-refractivity contribution in [3.63, 3.8) is 0 Å². The molecule has 0 saturated heterocycles. The number of amides is 1. The molecular formula is C18H15N2O+. The standard InChI is InChI=1S/C18H14N2O/c21-18(16-11-5-2-6-12-16)19-20-14-8-7-13-17(20)15-9-3-1-4-10-15/h1-14H/p+1. The molecule has 0 spiro atoms. The van der Waals surface area contributed by atoms with Crippen molar-refractivity contribution in [1.29, 1.82) is 0 Å². The first-order valence-electron chi connectivity index (χ1n) is 6.77. The Morgan fingerprint density at radius 1 is 0.762 bits per heavy atom. The van der Waals surface area contributed by atoms with E-state index in [1.807, 2.05) is 72.9 Å². The number of hydrogen-bond acceptors (Lipinski definition) is 1. The number of nitrogens with zero attached hydrogens (tertiary/aromatic N) is 1. The summed E-state index contributed by atoms with van der Waals surface area (Å²) in [6, 6.07) is 24.9. The number of carbonyl (C=O) groups excluding carboxylic acids is 1. The van der Waals surface area contributed by atoms with Crippen LogP contribution in [0.25, 0.3) is 11.3 Å². The number of nitrogens with one attached hydrogen (secondary N) is 1. The van der Waals surface area contributed by atoms with Gasteiger partial charge in [0.25, 0.3) is 0 Å². The molecule has 3 nitrogen and oxygen atoms in total. The van der Waals surface area contributed by atoms with Gasteiger partial charge < -0.3 is 0 Å². The average Bonchev–Trinajstić information content (AvgIpc) is 2.57. The second-order valence-electron chi connectivity index (χ2n) is 4.63. The average molecular weight is 275 g/mol. The van der Waals surface area contributed by atoms with Gasteiger partial charge in [-0.15, -0.1) is 5.43 Å². The van der Waals surface area contributed by atoms with Crippen LogP contribution in [0.3, 0.4) is 0 Å². The van der Waals surface area contributed by atoms with E-state index in [9.17, 15) is 4.79 Å². The van der Waals surface area contributed by atoms with Crippen LogP contribution < -0.4 is 10.1 Å². The maximum Gasteiger partial charge on any atom is 0.305 e. The minimum atomic E-state index is -0.135. The summed E-state index contributed by atoms with van der Waals surface area (Å²) in [7, 11) is 0. The van der Waals surface area contributed by atoms with E-state index in [1.54, 1.807) is 16.8 Å². The third-order valence-electron chi connectivity index (χ3n) is 3.19. The predicted octanol–water partition coefficient (Wildman–Crippen LogP) is 3.03. The lowest BCUT2D eigenvalue weighted by Crippen LogP contribution is -2.49. The summed E-state index contributed by atoms with van der Waals surface area (Å²) in [6.45, 7) is 0. The third kappa shape index (κ3) is 2.98. The van der Waals surface area contributed by atoms with Gasteiger partial charge in [-0.05, 0) is 30.3 Å². The van der Waals surface area contributed by atoms with E-state index in [0.717, 1.165) is 11.3 Å². The Hall–Kier alpha value is -2.94. The predicted molar refractivity (Wildman–Crippen MR) is 82.2 cm³/mol. The van der Waals surface area contributed by atoms with Gasteiger partial charge in [0, 0.05) is 23.3 Å². The Morgan fingerprint density at radius 2 is 1.38 bits per heavy atom. The molecule has 21 heavy (non-hydrogen) atoms. The molecule has 3 aromatic rings. The highest BCUT2D eigenvalue weighted by Gasteiger charge is 2.16. The normalized spacial score (nSPS) is 10.1. The Bertz CT molecular complexity index is 739. The summed E-state index contributed by atoms with van der Waals surface area (Å²) in [5, 5.41) is 0. The number of pyridine rings is 1. The van der Waals surface area contributed by atoms with Crippen molar-refractivity contribution in [2.45, 2.75) is 0 Å². The molecule has 0 unspecified atom stereocenters. The quantitative estimate of drug-likeness (QED) is 0.732. The summed E-state index contributed by atoms with van der Waals surface area (Å²) in [6.07, 6.45) is 1.84. The van der Waals surface area contributed by atoms with E-state index < -0.39 is 0 Å². The molecule has 0 aliphatic heterocycles. The Kier molecular flexibility index (Phi) is 3.74. The maximum absolute atomic E-state index is 12.3. The first-order valence-corrected chi connectivity index (χ1v) is 6.77. The van der Waals surface area contributed by atoms with Gasteiger partial charge in [0.1, 0.15) is 0 Å². The second-order valence-corrected chi connectivity index (χ2v) is 4.63. The number of rotatable bonds is 3. The lowest BCUT2D eigenvalue weighted by atomic mass is 10.1. The van der Waals surface area contributed by atoms with Crippen molar-refractivity contribution in [2.24, 2.45) is 0 Å². The van der Waals surface area contributed by atoms with E-state index in [2.05, 4.69) is 5.43 Å². The first kappa shape index (κ1) is 13.1. The topological polar surface area (TPSA) is 33.0 Å². The lowest BCUT2D eigenvalue weighted by molar-refractivity contribution is -0.630. The van der Waals surface area contributed by atoms with Gasteiger partial charge in [0.05, 0.1) is 0 Å². The van der Waals surface area contributed by atoms with Crippen molar-refractivity contribution in [3.05, 3.63) is 90.6 Å². The van der Waals surface area contributed by atoms with Crippen molar-refractivity contribution < 1.29 is 9.47 Å². The lowest BCUT2D eigenvalue weighted by Gasteiger charge is -2.04. The molecule has 0 fully saturated rings. The van der Waals surface area contributed by atoms with E-state index >= 15 is 0 Å². The smallest absolute Gasteiger partial charge is 0.264 e. The fourth-order valence-corrected chi connectivity index (χ4v) is 2.15. The highest BCUT2D eigenvalue weighted by Crippen LogP contribution is 2.13. The second kappa shape index (κ2) is 6.01. The highest BCUT2D eigenvalue weighted by atomic mass is 16.2. The van der Waals surface area contributed by atoms with Crippen molar-refractivity contribution in [2.75, 3.05) is 5.43 Å². The van der Waals surface area contributed by atoms with Crippen molar-refractivity contribution >= 4 is 5.91 Å². The molecule has 1 heterocycles. The van der Waals surface area contributed by atoms with Gasteiger partial charge in [-0.1, -0.05) is 41.1 Å². The SMILES string of the molecule is O=C(N[n+]1ccccc1-c1ccccc1)c1ccccc1. The van der Waals surface area contributed by atoms with E-state index in [4.69, 9.17) is 0 Å². The monoisotopic (exact) mass is 275 g/mol. The Labute approximate surface area is 123 Å². The van der Waals surface area contributed by atoms with Crippen LogP contribution in [-0.2, 0) is 0 Å². The molecule has 1 amide bonds. The number of aromatic nitrogens is 1. The van der Waals surface area contributed by atoms with Gasteiger partial charge in [-0.3, -0.25) is 4.79 Å². The number of carbonyl (C=O) groups is 1. The molecule has 1 N–H and O–H groups in total. The van der Waals surface area contributed by atoms with Crippen LogP contribution in [0.1, 0.15) is 10.4 Å². The summed E-state index contributed by atoms with van der Waals surface area (Å²) >= 11 is 0. The minimum Gasteiger partial charge on any atom is -0.264 e. The molecule has 0 saturated carbocycles. The zero-order valence-electron chi connectivity index (χ0n) is 11.4. The molecule has 2 aromatic carbocycles. The van der Waals surface area contributed by atoms with Crippen LogP contribution in [0.4, 0.5) is 0 Å². The molecular weight excluding hydrogens is 260 g/mol. The summed E-state index contributed by atoms with van der Waals surface area (Å²) in [5.74, 6) is -0.135. The largest absolute Gasteiger partial charge is 0.305 e. The molecule has 0 atom stereocenters. The van der Waals surface area contributed by atoms with E-state index in [0.29, 0.717) is 5.56 Å². The van der Waals surface area contributed by atoms with Crippen LogP contribution in [-0.4, -0.2) is 5.91 Å². The van der Waals surface area contributed by atoms with Crippen LogP contribution in [0.15, 0.2) is 85.1 Å². The van der Waals surface area contributed by atoms with Gasteiger partial charge in [-0.2, -0.15) is 0 Å². The highest BCUT2D eigenvalue weighted by molar-refractivity contribution is 5.98. The Balaban J connectivity index is 1.92. The van der Waals surface area contributed by atoms with Crippen LogP contribution in [0.5, 0.6) is 0 Å². The van der Waals surface area contributed by atoms with Crippen LogP contribution >= 0.6 is 0 Å². The molecule has 0 bridgehead atoms. The molecule has 0 aliphatic carbocycles. The third-order valence-corrected chi connectivity index (χ3v) is 3.19. The zero-order chi connectivity index (χ0) is 14.5. The van der Waals surface area contributed by atoms with E-state index in [-0.39, 0.29) is 5.91 Å². The maximum atomic E-state index is 12.3. The summed E-state index contributed by atoms with van der Waals surface area (Å²) in [5.41, 5.74) is 5.52. The number of hydrogen-bond donors (Lipinski definition) is 1. The van der Waals surface area contributed by atoms with Crippen molar-refractivity contribution in [3.8, 4) is 11.3 Å². The van der Waals surface area contributed by atoms with Gasteiger partial charge in [0.2, 0.25) is 11.9 Å². The summed E-state index contributed by atoms with van der Waals surface area (Å²) in [4.78, 5) is 12.3. The van der Waals surface area contributed by atoms with Crippen LogP contribution in [0, 0.1) is 0 Å². The summed E-state index contributed by atoms with van der Waals surface area (Å²) < 4.78 is 1.74. The zero-order valence-corrected chi connectivity index (χ0v) is 11.4. The fourth-order valence-electron chi connectivity index (χ4n) is 2.15. The van der Waals surface area contributed by atoms with Gasteiger partial charge in [0.15, 0.2) is 0 Å². The minimum absolute atomic E-state index is 0.135. The van der Waals surface area contributed by atoms with Gasteiger partial charge >= 0.3 is 5.91 Å². The molecule has 102 valence electrons.